The zero-order valence-electron chi connectivity index (χ0n) is 21.9. The van der Waals surface area contributed by atoms with Crippen molar-refractivity contribution in [2.24, 2.45) is 11.8 Å². The Kier molecular flexibility index (Phi) is 7.61. The van der Waals surface area contributed by atoms with Crippen molar-refractivity contribution in [3.63, 3.8) is 0 Å². The summed E-state index contributed by atoms with van der Waals surface area (Å²) in [5, 5.41) is 11.8. The highest BCUT2D eigenvalue weighted by Crippen LogP contribution is 2.37. The van der Waals surface area contributed by atoms with Crippen molar-refractivity contribution in [3.8, 4) is 11.5 Å². The van der Waals surface area contributed by atoms with E-state index in [0.29, 0.717) is 44.7 Å². The fourth-order valence-corrected chi connectivity index (χ4v) is 5.43. The molecular formula is C28H28F3N5O5. The number of halogens is 3. The van der Waals surface area contributed by atoms with Gasteiger partial charge in [0.05, 0.1) is 23.2 Å². The molecule has 0 radical (unpaired) electrons. The van der Waals surface area contributed by atoms with Gasteiger partial charge in [-0.15, -0.1) is 0 Å². The average molecular weight is 572 g/mol. The predicted molar refractivity (Wildman–Crippen MR) is 143 cm³/mol. The smallest absolute Gasteiger partial charge is 0.452 e. The molecule has 1 saturated heterocycles. The quantitative estimate of drug-likeness (QED) is 0.371. The number of alkyl halides is 3. The van der Waals surface area contributed by atoms with E-state index in [4.69, 9.17) is 10.2 Å². The molecule has 2 amide bonds. The van der Waals surface area contributed by atoms with Gasteiger partial charge in [-0.05, 0) is 43.2 Å². The minimum Gasteiger partial charge on any atom is -0.481 e. The number of carbonyl (C=O) groups excluding carboxylic acids is 2. The first-order valence-electron chi connectivity index (χ1n) is 13.1. The Labute approximate surface area is 232 Å². The van der Waals surface area contributed by atoms with Gasteiger partial charge in [-0.25, -0.2) is 4.98 Å². The molecule has 0 spiro atoms. The lowest BCUT2D eigenvalue weighted by atomic mass is 9.94. The van der Waals surface area contributed by atoms with Gasteiger partial charge in [0.2, 0.25) is 17.6 Å². The van der Waals surface area contributed by atoms with Crippen LogP contribution in [0.15, 0.2) is 52.9 Å². The van der Waals surface area contributed by atoms with Crippen LogP contribution in [0.3, 0.4) is 0 Å². The second kappa shape index (κ2) is 11.1. The van der Waals surface area contributed by atoms with E-state index < -0.39 is 41.3 Å². The molecule has 4 N–H and O–H groups in total. The van der Waals surface area contributed by atoms with Crippen LogP contribution in [-0.2, 0) is 15.8 Å². The van der Waals surface area contributed by atoms with Crippen molar-refractivity contribution in [1.82, 2.24) is 9.88 Å². The van der Waals surface area contributed by atoms with Gasteiger partial charge in [0, 0.05) is 37.4 Å². The Morgan fingerprint density at radius 1 is 1.00 bits per heavy atom. The average Bonchev–Trinajstić information content (AvgIpc) is 3.62. The van der Waals surface area contributed by atoms with Gasteiger partial charge >= 0.3 is 12.1 Å². The SMILES string of the molecule is Nc1cc(NC(=O)c2nc(-c3ccccc3)oc2C(F)(F)F)ccc1N1CCN(C(=O)[C@H]2CCC[C@@H]2C(=O)O)CC1. The molecule has 216 valence electrons. The van der Waals surface area contributed by atoms with Crippen molar-refractivity contribution in [3.05, 3.63) is 60.0 Å². The van der Waals surface area contributed by atoms with E-state index >= 15 is 0 Å². The number of nitrogen functional groups attached to an aromatic ring is 1. The number of hydrogen-bond donors (Lipinski definition) is 3. The molecule has 0 bridgehead atoms. The van der Waals surface area contributed by atoms with Crippen molar-refractivity contribution in [1.29, 1.82) is 0 Å². The zero-order valence-corrected chi connectivity index (χ0v) is 21.9. The van der Waals surface area contributed by atoms with Crippen LogP contribution >= 0.6 is 0 Å². The Morgan fingerprint density at radius 2 is 1.68 bits per heavy atom. The van der Waals surface area contributed by atoms with Crippen LogP contribution < -0.4 is 16.0 Å². The Hall–Kier alpha value is -4.55. The highest BCUT2D eigenvalue weighted by Gasteiger charge is 2.42. The number of benzene rings is 2. The number of aromatic nitrogens is 1. The van der Waals surface area contributed by atoms with Crippen molar-refractivity contribution in [2.75, 3.05) is 42.1 Å². The van der Waals surface area contributed by atoms with Gasteiger partial charge in [-0.3, -0.25) is 14.4 Å². The molecule has 2 atom stereocenters. The maximum absolute atomic E-state index is 13.6. The number of amides is 2. The zero-order chi connectivity index (χ0) is 29.3. The Bertz CT molecular complexity index is 1450. The molecule has 3 aromatic rings. The molecule has 1 saturated carbocycles. The molecule has 41 heavy (non-hydrogen) atoms. The molecule has 2 aliphatic rings. The summed E-state index contributed by atoms with van der Waals surface area (Å²) >= 11 is 0. The highest BCUT2D eigenvalue weighted by atomic mass is 19.4. The first kappa shape index (κ1) is 28.0. The number of anilines is 3. The largest absolute Gasteiger partial charge is 0.481 e. The topological polar surface area (TPSA) is 142 Å². The van der Waals surface area contributed by atoms with E-state index in [9.17, 15) is 32.7 Å². The van der Waals surface area contributed by atoms with Crippen molar-refractivity contribution in [2.45, 2.75) is 25.4 Å². The maximum atomic E-state index is 13.6. The van der Waals surface area contributed by atoms with Gasteiger partial charge < -0.3 is 30.4 Å². The number of nitrogens with one attached hydrogen (secondary N) is 1. The molecule has 10 nitrogen and oxygen atoms in total. The summed E-state index contributed by atoms with van der Waals surface area (Å²) in [6.45, 7) is 1.72. The number of rotatable bonds is 6. The number of nitrogens with two attached hydrogens (primary N) is 1. The van der Waals surface area contributed by atoms with Gasteiger partial charge in [-0.2, -0.15) is 13.2 Å². The van der Waals surface area contributed by atoms with Crippen LogP contribution in [0.5, 0.6) is 0 Å². The Balaban J connectivity index is 1.25. The lowest BCUT2D eigenvalue weighted by molar-refractivity contribution is -0.153. The van der Waals surface area contributed by atoms with E-state index in [2.05, 4.69) is 10.3 Å². The first-order chi connectivity index (χ1) is 19.5. The maximum Gasteiger partial charge on any atom is 0.452 e. The number of carboxylic acid groups (broad SMARTS) is 1. The van der Waals surface area contributed by atoms with Gasteiger partial charge in [0.15, 0.2) is 5.69 Å². The van der Waals surface area contributed by atoms with E-state index in [1.807, 2.05) is 4.90 Å². The molecule has 2 heterocycles. The summed E-state index contributed by atoms with van der Waals surface area (Å²) in [6.07, 6.45) is -3.14. The van der Waals surface area contributed by atoms with Crippen molar-refractivity contribution < 1.29 is 37.1 Å². The standard InChI is InChI=1S/C28H28F3N5O5/c29-28(30,31)23-22(34-25(41-23)16-5-2-1-3-6-16)24(37)33-17-9-10-21(20(32)15-17)35-11-13-36(14-12-35)26(38)18-7-4-8-19(18)27(39)40/h1-3,5-6,9-10,15,18-19H,4,7-8,11-14,32H2,(H,33,37)(H,39,40)/t18-,19-/m0/s1. The summed E-state index contributed by atoms with van der Waals surface area (Å²) in [4.78, 5) is 44.7. The Morgan fingerprint density at radius 3 is 2.32 bits per heavy atom. The van der Waals surface area contributed by atoms with Crippen LogP contribution in [0.2, 0.25) is 0 Å². The molecular weight excluding hydrogens is 543 g/mol. The minimum absolute atomic E-state index is 0.137. The number of oxazole rings is 1. The van der Waals surface area contributed by atoms with E-state index in [-0.39, 0.29) is 28.7 Å². The number of carboxylic acids is 1. The van der Waals surface area contributed by atoms with E-state index in [1.54, 1.807) is 29.2 Å². The lowest BCUT2D eigenvalue weighted by Crippen LogP contribution is -2.51. The summed E-state index contributed by atoms with van der Waals surface area (Å²) in [5.74, 6) is -5.16. The van der Waals surface area contributed by atoms with Crippen LogP contribution in [-0.4, -0.2) is 59.0 Å². The molecule has 1 aliphatic carbocycles. The lowest BCUT2D eigenvalue weighted by Gasteiger charge is -2.38. The number of aliphatic carboxylic acids is 1. The number of nitrogens with zero attached hydrogens (tertiary/aromatic N) is 3. The third-order valence-electron chi connectivity index (χ3n) is 7.49. The summed E-state index contributed by atoms with van der Waals surface area (Å²) in [7, 11) is 0. The van der Waals surface area contributed by atoms with Crippen molar-refractivity contribution >= 4 is 34.8 Å². The highest BCUT2D eigenvalue weighted by molar-refractivity contribution is 6.04. The van der Waals surface area contributed by atoms with E-state index in [0.717, 1.165) is 6.42 Å². The number of carbonyl (C=O) groups is 3. The summed E-state index contributed by atoms with van der Waals surface area (Å²) in [6, 6.07) is 12.5. The normalized spacial score (nSPS) is 19.3. The molecule has 1 aromatic heterocycles. The number of hydrogen-bond acceptors (Lipinski definition) is 7. The summed E-state index contributed by atoms with van der Waals surface area (Å²) < 4.78 is 45.8. The molecule has 2 fully saturated rings. The van der Waals surface area contributed by atoms with Crippen LogP contribution in [0, 0.1) is 11.8 Å². The molecule has 0 unspecified atom stereocenters. The third-order valence-corrected chi connectivity index (χ3v) is 7.49. The predicted octanol–water partition coefficient (Wildman–Crippen LogP) is 4.34. The second-order valence-corrected chi connectivity index (χ2v) is 10.1. The summed E-state index contributed by atoms with van der Waals surface area (Å²) in [5.41, 5.74) is 6.73. The van der Waals surface area contributed by atoms with E-state index in [1.165, 1.54) is 24.3 Å². The second-order valence-electron chi connectivity index (χ2n) is 10.1. The fourth-order valence-electron chi connectivity index (χ4n) is 5.43. The fraction of sp³-hybridized carbons (Fsp3) is 0.357. The molecule has 2 aromatic carbocycles. The third kappa shape index (κ3) is 5.83. The van der Waals surface area contributed by atoms with Gasteiger partial charge in [0.1, 0.15) is 0 Å². The molecule has 13 heteroatoms. The minimum atomic E-state index is -4.94. The van der Waals surface area contributed by atoms with Crippen LogP contribution in [0.1, 0.15) is 35.5 Å². The van der Waals surface area contributed by atoms with Gasteiger partial charge in [0.25, 0.3) is 5.91 Å². The molecule has 5 rings (SSSR count). The van der Waals surface area contributed by atoms with Gasteiger partial charge in [-0.1, -0.05) is 24.6 Å². The molecule has 1 aliphatic heterocycles. The van der Waals surface area contributed by atoms with Crippen LogP contribution in [0.25, 0.3) is 11.5 Å². The van der Waals surface area contributed by atoms with Crippen LogP contribution in [0.4, 0.5) is 30.2 Å². The monoisotopic (exact) mass is 571 g/mol. The number of piperazine rings is 1. The first-order valence-corrected chi connectivity index (χ1v) is 13.1.